The molecule has 0 fully saturated rings. The van der Waals surface area contributed by atoms with Crippen molar-refractivity contribution < 1.29 is 4.74 Å². The topological polar surface area (TPSA) is 73.1 Å². The first-order chi connectivity index (χ1) is 8.29. The van der Waals surface area contributed by atoms with Gasteiger partial charge in [-0.3, -0.25) is 0 Å². The van der Waals surface area contributed by atoms with E-state index in [1.807, 2.05) is 17.6 Å². The van der Waals surface area contributed by atoms with Gasteiger partial charge in [0.15, 0.2) is 0 Å². The van der Waals surface area contributed by atoms with Gasteiger partial charge in [0.25, 0.3) is 0 Å². The van der Waals surface area contributed by atoms with Crippen LogP contribution in [0, 0.1) is 0 Å². The maximum Gasteiger partial charge on any atom is 0.238 e. The number of methoxy groups -OCH3 is 1. The largest absolute Gasteiger partial charge is 0.479 e. The van der Waals surface area contributed by atoms with Crippen molar-refractivity contribution >= 4 is 22.8 Å². The van der Waals surface area contributed by atoms with E-state index in [-0.39, 0.29) is 0 Å². The summed E-state index contributed by atoms with van der Waals surface area (Å²) in [6, 6.07) is 3.61. The van der Waals surface area contributed by atoms with Gasteiger partial charge in [-0.25, -0.2) is 4.98 Å². The van der Waals surface area contributed by atoms with Crippen LogP contribution < -0.4 is 15.8 Å². The Kier molecular flexibility index (Phi) is 3.77. The standard InChI is InChI=1S/C11H14N4OS/c1-16-11-8(12)2-3-9(15-11)13-5-4-10-14-6-7-17-10/h2-3,6-7H,4-5,12H2,1H3,(H,13,15). The van der Waals surface area contributed by atoms with Gasteiger partial charge in [0.2, 0.25) is 5.88 Å². The number of hydrogen-bond acceptors (Lipinski definition) is 6. The molecule has 2 rings (SSSR count). The summed E-state index contributed by atoms with van der Waals surface area (Å²) < 4.78 is 5.05. The maximum atomic E-state index is 5.68. The Morgan fingerprint density at radius 2 is 2.35 bits per heavy atom. The molecule has 0 atom stereocenters. The third kappa shape index (κ3) is 3.07. The van der Waals surface area contributed by atoms with Crippen LogP contribution in [0.5, 0.6) is 5.88 Å². The molecule has 2 aromatic rings. The molecule has 0 amide bonds. The summed E-state index contributed by atoms with van der Waals surface area (Å²) in [5.41, 5.74) is 6.22. The minimum absolute atomic E-state index is 0.448. The predicted octanol–water partition coefficient (Wildman–Crippen LogP) is 1.78. The zero-order chi connectivity index (χ0) is 12.1. The van der Waals surface area contributed by atoms with Gasteiger partial charge in [0.1, 0.15) is 5.82 Å². The minimum Gasteiger partial charge on any atom is -0.479 e. The van der Waals surface area contributed by atoms with Crippen LogP contribution in [-0.4, -0.2) is 23.6 Å². The molecule has 17 heavy (non-hydrogen) atoms. The number of anilines is 2. The molecule has 0 aliphatic carbocycles. The van der Waals surface area contributed by atoms with E-state index in [9.17, 15) is 0 Å². The summed E-state index contributed by atoms with van der Waals surface area (Å²) in [5, 5.41) is 6.29. The fourth-order valence-corrected chi connectivity index (χ4v) is 2.01. The highest BCUT2D eigenvalue weighted by Gasteiger charge is 2.02. The van der Waals surface area contributed by atoms with Crippen LogP contribution in [0.2, 0.25) is 0 Å². The Morgan fingerprint density at radius 1 is 1.47 bits per heavy atom. The number of ether oxygens (including phenoxy) is 1. The highest BCUT2D eigenvalue weighted by molar-refractivity contribution is 7.09. The van der Waals surface area contributed by atoms with Crippen molar-refractivity contribution in [3.8, 4) is 5.88 Å². The first-order valence-electron chi connectivity index (χ1n) is 5.22. The molecule has 0 saturated heterocycles. The zero-order valence-electron chi connectivity index (χ0n) is 9.51. The third-order valence-electron chi connectivity index (χ3n) is 2.21. The molecule has 2 heterocycles. The number of nitrogen functional groups attached to an aromatic ring is 1. The van der Waals surface area contributed by atoms with Gasteiger partial charge in [-0.15, -0.1) is 11.3 Å². The second-order valence-corrected chi connectivity index (χ2v) is 4.38. The summed E-state index contributed by atoms with van der Waals surface area (Å²) in [5.74, 6) is 1.21. The summed E-state index contributed by atoms with van der Waals surface area (Å²) in [6.45, 7) is 0.785. The Bertz CT molecular complexity index is 472. The molecular formula is C11H14N4OS. The molecule has 0 radical (unpaired) electrons. The maximum absolute atomic E-state index is 5.68. The van der Waals surface area contributed by atoms with E-state index in [1.54, 1.807) is 24.5 Å². The number of rotatable bonds is 5. The van der Waals surface area contributed by atoms with Crippen LogP contribution in [0.25, 0.3) is 0 Å². The molecular weight excluding hydrogens is 236 g/mol. The molecule has 0 aromatic carbocycles. The Hall–Kier alpha value is -1.82. The Labute approximate surface area is 104 Å². The number of hydrogen-bond donors (Lipinski definition) is 2. The Balaban J connectivity index is 1.90. The van der Waals surface area contributed by atoms with E-state index >= 15 is 0 Å². The molecule has 0 saturated carbocycles. The van der Waals surface area contributed by atoms with Crippen LogP contribution in [0.15, 0.2) is 23.7 Å². The summed E-state index contributed by atoms with van der Waals surface area (Å²) >= 11 is 1.65. The molecule has 3 N–H and O–H groups in total. The fourth-order valence-electron chi connectivity index (χ4n) is 1.39. The zero-order valence-corrected chi connectivity index (χ0v) is 10.3. The second kappa shape index (κ2) is 5.49. The molecule has 0 aliphatic rings. The lowest BCUT2D eigenvalue weighted by atomic mass is 10.4. The lowest BCUT2D eigenvalue weighted by Gasteiger charge is -2.07. The molecule has 2 aromatic heterocycles. The normalized spacial score (nSPS) is 10.2. The molecule has 90 valence electrons. The van der Waals surface area contributed by atoms with Crippen molar-refractivity contribution in [3.05, 3.63) is 28.7 Å². The van der Waals surface area contributed by atoms with Gasteiger partial charge in [-0.05, 0) is 12.1 Å². The first kappa shape index (κ1) is 11.7. The summed E-state index contributed by atoms with van der Waals surface area (Å²) in [4.78, 5) is 8.44. The lowest BCUT2D eigenvalue weighted by Crippen LogP contribution is -2.07. The van der Waals surface area contributed by atoms with Crippen LogP contribution in [0.1, 0.15) is 5.01 Å². The number of aromatic nitrogens is 2. The monoisotopic (exact) mass is 250 g/mol. The molecule has 0 spiro atoms. The number of pyridine rings is 1. The number of nitrogens with two attached hydrogens (primary N) is 1. The van der Waals surface area contributed by atoms with E-state index in [2.05, 4.69) is 15.3 Å². The van der Waals surface area contributed by atoms with Crippen molar-refractivity contribution in [2.45, 2.75) is 6.42 Å². The second-order valence-electron chi connectivity index (χ2n) is 3.40. The average molecular weight is 250 g/mol. The van der Waals surface area contributed by atoms with Gasteiger partial charge in [-0.2, -0.15) is 4.98 Å². The van der Waals surface area contributed by atoms with E-state index in [4.69, 9.17) is 10.5 Å². The smallest absolute Gasteiger partial charge is 0.238 e. The van der Waals surface area contributed by atoms with Crippen molar-refractivity contribution in [1.29, 1.82) is 0 Å². The number of nitrogens with one attached hydrogen (secondary N) is 1. The molecule has 0 unspecified atom stereocenters. The number of nitrogens with zero attached hydrogens (tertiary/aromatic N) is 2. The van der Waals surface area contributed by atoms with Crippen molar-refractivity contribution in [2.24, 2.45) is 0 Å². The van der Waals surface area contributed by atoms with Crippen molar-refractivity contribution in [2.75, 3.05) is 24.7 Å². The predicted molar refractivity (Wildman–Crippen MR) is 69.5 cm³/mol. The van der Waals surface area contributed by atoms with Crippen LogP contribution in [-0.2, 0) is 6.42 Å². The first-order valence-corrected chi connectivity index (χ1v) is 6.10. The molecule has 6 heteroatoms. The van der Waals surface area contributed by atoms with Gasteiger partial charge >= 0.3 is 0 Å². The lowest BCUT2D eigenvalue weighted by molar-refractivity contribution is 0.401. The van der Waals surface area contributed by atoms with Crippen LogP contribution in [0.4, 0.5) is 11.5 Å². The van der Waals surface area contributed by atoms with Crippen molar-refractivity contribution in [3.63, 3.8) is 0 Å². The van der Waals surface area contributed by atoms with Crippen molar-refractivity contribution in [1.82, 2.24) is 9.97 Å². The SMILES string of the molecule is COc1nc(NCCc2nccs2)ccc1N. The van der Waals surface area contributed by atoms with Gasteiger partial charge < -0.3 is 15.8 Å². The molecule has 0 aliphatic heterocycles. The van der Waals surface area contributed by atoms with E-state index in [1.165, 1.54) is 0 Å². The fraction of sp³-hybridized carbons (Fsp3) is 0.273. The quantitative estimate of drug-likeness (QED) is 0.846. The van der Waals surface area contributed by atoms with Gasteiger partial charge in [-0.1, -0.05) is 0 Å². The molecule has 5 nitrogen and oxygen atoms in total. The van der Waals surface area contributed by atoms with Gasteiger partial charge in [0, 0.05) is 24.5 Å². The third-order valence-corrected chi connectivity index (χ3v) is 3.05. The average Bonchev–Trinajstić information content (AvgIpc) is 2.84. The minimum atomic E-state index is 0.448. The van der Waals surface area contributed by atoms with E-state index in [0.29, 0.717) is 11.6 Å². The molecule has 0 bridgehead atoms. The van der Waals surface area contributed by atoms with E-state index < -0.39 is 0 Å². The highest BCUT2D eigenvalue weighted by atomic mass is 32.1. The Morgan fingerprint density at radius 3 is 3.06 bits per heavy atom. The number of thiazole rings is 1. The van der Waals surface area contributed by atoms with Crippen LogP contribution in [0.3, 0.4) is 0 Å². The highest BCUT2D eigenvalue weighted by Crippen LogP contribution is 2.20. The van der Waals surface area contributed by atoms with E-state index in [0.717, 1.165) is 23.8 Å². The summed E-state index contributed by atoms with van der Waals surface area (Å²) in [7, 11) is 1.55. The van der Waals surface area contributed by atoms with Gasteiger partial charge in [0.05, 0.1) is 17.8 Å². The summed E-state index contributed by atoms with van der Waals surface area (Å²) in [6.07, 6.45) is 2.69. The van der Waals surface area contributed by atoms with Crippen LogP contribution >= 0.6 is 11.3 Å².